The molecule has 1 aliphatic rings. The molecule has 0 saturated heterocycles. The van der Waals surface area contributed by atoms with Crippen molar-refractivity contribution in [2.75, 3.05) is 6.54 Å². The van der Waals surface area contributed by atoms with E-state index in [1.165, 1.54) is 12.1 Å². The lowest BCUT2D eigenvalue weighted by atomic mass is 10.0. The van der Waals surface area contributed by atoms with E-state index in [-0.39, 0.29) is 11.7 Å². The molecule has 0 heterocycles. The van der Waals surface area contributed by atoms with Crippen LogP contribution in [0.4, 0.5) is 4.39 Å². The van der Waals surface area contributed by atoms with Crippen LogP contribution >= 0.6 is 0 Å². The largest absolute Gasteiger partial charge is 0.234 e. The van der Waals surface area contributed by atoms with Crippen LogP contribution in [0.1, 0.15) is 23.5 Å². The van der Waals surface area contributed by atoms with E-state index < -0.39 is 0 Å². The summed E-state index contributed by atoms with van der Waals surface area (Å²) in [6, 6.07) is 5.09. The van der Waals surface area contributed by atoms with Gasteiger partial charge in [0.2, 0.25) is 6.08 Å². The molecule has 0 radical (unpaired) electrons. The minimum atomic E-state index is -0.139. The van der Waals surface area contributed by atoms with Gasteiger partial charge in [0.05, 0.1) is 6.54 Å². The van der Waals surface area contributed by atoms with E-state index in [0.29, 0.717) is 6.54 Å². The molecule has 0 fully saturated rings. The zero-order chi connectivity index (χ0) is 9.97. The first-order valence-corrected chi connectivity index (χ1v) is 4.64. The van der Waals surface area contributed by atoms with Gasteiger partial charge < -0.3 is 0 Å². The van der Waals surface area contributed by atoms with E-state index >= 15 is 0 Å². The smallest absolute Gasteiger partial charge is 0.211 e. The van der Waals surface area contributed by atoms with E-state index in [0.717, 1.165) is 24.0 Å². The summed E-state index contributed by atoms with van der Waals surface area (Å²) in [5.74, 6) is 0.0576. The van der Waals surface area contributed by atoms with Gasteiger partial charge in [-0.15, -0.1) is 0 Å². The van der Waals surface area contributed by atoms with Crippen LogP contribution in [0.2, 0.25) is 0 Å². The first-order valence-electron chi connectivity index (χ1n) is 4.64. The Bertz CT molecular complexity index is 396. The highest BCUT2D eigenvalue weighted by atomic mass is 19.1. The first kappa shape index (κ1) is 9.10. The van der Waals surface area contributed by atoms with Crippen molar-refractivity contribution >= 4 is 6.08 Å². The third kappa shape index (κ3) is 1.47. The second kappa shape index (κ2) is 3.72. The quantitative estimate of drug-likeness (QED) is 0.520. The van der Waals surface area contributed by atoms with E-state index in [4.69, 9.17) is 0 Å². The van der Waals surface area contributed by atoms with Gasteiger partial charge in [-0.05, 0) is 30.0 Å². The number of carbonyl (C=O) groups excluding carboxylic acids is 1. The molecule has 1 aromatic rings. The van der Waals surface area contributed by atoms with E-state index in [1.807, 2.05) is 6.07 Å². The second-order valence-electron chi connectivity index (χ2n) is 3.48. The van der Waals surface area contributed by atoms with E-state index in [2.05, 4.69) is 4.99 Å². The van der Waals surface area contributed by atoms with Crippen LogP contribution in [-0.2, 0) is 11.2 Å². The summed E-state index contributed by atoms with van der Waals surface area (Å²) in [6.45, 7) is 0.431. The summed E-state index contributed by atoms with van der Waals surface area (Å²) in [5.41, 5.74) is 1.79. The van der Waals surface area contributed by atoms with Crippen molar-refractivity contribution in [2.45, 2.75) is 18.8 Å². The highest BCUT2D eigenvalue weighted by Gasteiger charge is 2.24. The van der Waals surface area contributed by atoms with Crippen LogP contribution in [0, 0.1) is 5.82 Å². The van der Waals surface area contributed by atoms with Gasteiger partial charge in [-0.1, -0.05) is 12.1 Å². The number of hydrogen-bond donors (Lipinski definition) is 0. The summed E-state index contributed by atoms with van der Waals surface area (Å²) in [4.78, 5) is 13.5. The van der Waals surface area contributed by atoms with Crippen molar-refractivity contribution in [3.8, 4) is 0 Å². The SMILES string of the molecule is O=C=NCC1CCc2c(F)cccc21. The Balaban J connectivity index is 2.30. The summed E-state index contributed by atoms with van der Waals surface area (Å²) in [6.07, 6.45) is 3.15. The Labute approximate surface area is 81.5 Å². The molecule has 0 spiro atoms. The third-order valence-electron chi connectivity index (χ3n) is 2.71. The Hall–Kier alpha value is -1.47. The summed E-state index contributed by atoms with van der Waals surface area (Å²) >= 11 is 0. The standard InChI is InChI=1S/C11H10FNO/c12-11-3-1-2-9-8(6-13-7-14)4-5-10(9)11/h1-3,8H,4-6H2. The Morgan fingerprint density at radius 2 is 2.43 bits per heavy atom. The molecule has 72 valence electrons. The topological polar surface area (TPSA) is 29.4 Å². The maximum Gasteiger partial charge on any atom is 0.234 e. The molecule has 0 bridgehead atoms. The van der Waals surface area contributed by atoms with Gasteiger partial charge in [-0.3, -0.25) is 0 Å². The van der Waals surface area contributed by atoms with E-state index in [1.54, 1.807) is 6.07 Å². The van der Waals surface area contributed by atoms with Crippen LogP contribution in [0.5, 0.6) is 0 Å². The van der Waals surface area contributed by atoms with Gasteiger partial charge in [0.1, 0.15) is 5.82 Å². The molecule has 1 unspecified atom stereocenters. The Morgan fingerprint density at radius 1 is 1.57 bits per heavy atom. The van der Waals surface area contributed by atoms with Crippen molar-refractivity contribution < 1.29 is 9.18 Å². The molecule has 1 aliphatic carbocycles. The van der Waals surface area contributed by atoms with Crippen molar-refractivity contribution in [3.63, 3.8) is 0 Å². The minimum Gasteiger partial charge on any atom is -0.211 e. The maximum absolute atomic E-state index is 13.3. The molecule has 0 saturated carbocycles. The predicted octanol–water partition coefficient (Wildman–Crippen LogP) is 2.19. The van der Waals surface area contributed by atoms with Crippen LogP contribution < -0.4 is 0 Å². The summed E-state index contributed by atoms with van der Waals surface area (Å²) < 4.78 is 13.3. The van der Waals surface area contributed by atoms with E-state index in [9.17, 15) is 9.18 Å². The Kier molecular flexibility index (Phi) is 2.42. The number of nitrogens with zero attached hydrogens (tertiary/aromatic N) is 1. The zero-order valence-electron chi connectivity index (χ0n) is 7.66. The van der Waals surface area contributed by atoms with Crippen molar-refractivity contribution in [1.82, 2.24) is 0 Å². The highest BCUT2D eigenvalue weighted by Crippen LogP contribution is 2.34. The number of aliphatic imine (C=N–C) groups is 1. The molecular formula is C11H10FNO. The fourth-order valence-corrected chi connectivity index (χ4v) is 2.03. The van der Waals surface area contributed by atoms with Gasteiger partial charge in [-0.2, -0.15) is 0 Å². The third-order valence-corrected chi connectivity index (χ3v) is 2.71. The van der Waals surface area contributed by atoms with Gasteiger partial charge >= 0.3 is 0 Å². The van der Waals surface area contributed by atoms with Crippen LogP contribution in [-0.4, -0.2) is 12.6 Å². The van der Waals surface area contributed by atoms with Crippen molar-refractivity contribution in [2.24, 2.45) is 4.99 Å². The van der Waals surface area contributed by atoms with Crippen molar-refractivity contribution in [3.05, 3.63) is 35.1 Å². The molecule has 3 heteroatoms. The lowest BCUT2D eigenvalue weighted by molar-refractivity contribution is 0.560. The fraction of sp³-hybridized carbons (Fsp3) is 0.364. The molecule has 0 aromatic heterocycles. The number of fused-ring (bicyclic) bond motifs is 1. The molecule has 0 amide bonds. The van der Waals surface area contributed by atoms with Gasteiger partial charge in [0.15, 0.2) is 0 Å². The molecular weight excluding hydrogens is 181 g/mol. The van der Waals surface area contributed by atoms with Gasteiger partial charge in [-0.25, -0.2) is 14.2 Å². The normalized spacial score (nSPS) is 18.8. The molecule has 14 heavy (non-hydrogen) atoms. The number of halogens is 1. The van der Waals surface area contributed by atoms with Crippen LogP contribution in [0.25, 0.3) is 0 Å². The molecule has 0 N–H and O–H groups in total. The number of hydrogen-bond acceptors (Lipinski definition) is 2. The number of benzene rings is 1. The zero-order valence-corrected chi connectivity index (χ0v) is 7.66. The lowest BCUT2D eigenvalue weighted by Gasteiger charge is -2.06. The summed E-state index contributed by atoms with van der Waals surface area (Å²) in [5, 5.41) is 0. The first-order chi connectivity index (χ1) is 6.83. The monoisotopic (exact) mass is 191 g/mol. The second-order valence-corrected chi connectivity index (χ2v) is 3.48. The molecule has 1 aromatic carbocycles. The predicted molar refractivity (Wildman–Crippen MR) is 50.5 cm³/mol. The minimum absolute atomic E-state index is 0.139. The average Bonchev–Trinajstić information content (AvgIpc) is 2.60. The van der Waals surface area contributed by atoms with Gasteiger partial charge in [0.25, 0.3) is 0 Å². The molecule has 2 nitrogen and oxygen atoms in total. The van der Waals surface area contributed by atoms with Crippen LogP contribution in [0.3, 0.4) is 0 Å². The number of rotatable bonds is 2. The van der Waals surface area contributed by atoms with Crippen LogP contribution in [0.15, 0.2) is 23.2 Å². The fourth-order valence-electron chi connectivity index (χ4n) is 2.03. The molecule has 2 rings (SSSR count). The maximum atomic E-state index is 13.3. The average molecular weight is 191 g/mol. The highest BCUT2D eigenvalue weighted by molar-refractivity contribution is 5.38. The lowest BCUT2D eigenvalue weighted by Crippen LogP contribution is -1.97. The number of isocyanates is 1. The molecule has 0 aliphatic heterocycles. The Morgan fingerprint density at radius 3 is 3.21 bits per heavy atom. The summed E-state index contributed by atoms with van der Waals surface area (Å²) in [7, 11) is 0. The van der Waals surface area contributed by atoms with Crippen molar-refractivity contribution in [1.29, 1.82) is 0 Å². The van der Waals surface area contributed by atoms with Gasteiger partial charge in [0, 0.05) is 5.92 Å². The molecule has 1 atom stereocenters.